The van der Waals surface area contributed by atoms with Crippen LogP contribution in [0.5, 0.6) is 0 Å². The first-order chi connectivity index (χ1) is 36.5. The molecule has 9 heteroatoms. The highest BCUT2D eigenvalue weighted by Gasteiger charge is 2.23. The summed E-state index contributed by atoms with van der Waals surface area (Å²) in [5, 5.41) is 13.9. The Bertz CT molecular complexity index is 1500. The molecule has 75 heavy (non-hydrogen) atoms. The van der Waals surface area contributed by atoms with Crippen LogP contribution < -0.4 is 10.2 Å². The number of nitrogens with zero attached hydrogens (tertiary/aromatic N) is 1. The topological polar surface area (TPSA) is 108 Å². The van der Waals surface area contributed by atoms with E-state index in [0.717, 1.165) is 70.6 Å². The van der Waals surface area contributed by atoms with Gasteiger partial charge >= 0.3 is 0 Å². The molecule has 0 fully saturated rings. The minimum absolute atomic E-state index is 0.00851. The number of likely N-dealkylation sites (N-methyl/N-ethyl adjacent to an activating group) is 1. The lowest BCUT2D eigenvalue weighted by atomic mass is 10.0. The third-order valence-corrected chi connectivity index (χ3v) is 14.8. The number of phosphoric ester groups is 1. The van der Waals surface area contributed by atoms with Gasteiger partial charge in [0.2, 0.25) is 5.91 Å². The van der Waals surface area contributed by atoms with Crippen LogP contribution in [0.1, 0.15) is 277 Å². The first-order valence-corrected chi connectivity index (χ1v) is 32.9. The molecule has 0 heterocycles. The predicted octanol–water partition coefficient (Wildman–Crippen LogP) is 19.0. The van der Waals surface area contributed by atoms with Crippen molar-refractivity contribution >= 4 is 13.7 Å². The summed E-state index contributed by atoms with van der Waals surface area (Å²) in [6, 6.07) is -0.908. The number of aliphatic hydroxyl groups excluding tert-OH is 1. The molecule has 3 unspecified atom stereocenters. The number of unbranched alkanes of at least 4 members (excludes halogenated alkanes) is 32. The highest BCUT2D eigenvalue weighted by molar-refractivity contribution is 7.45. The number of allylic oxidation sites excluding steroid dienone is 13. The summed E-state index contributed by atoms with van der Waals surface area (Å²) in [5.41, 5.74) is 0. The Hall–Kier alpha value is -2.32. The van der Waals surface area contributed by atoms with E-state index in [9.17, 15) is 19.4 Å². The van der Waals surface area contributed by atoms with Crippen molar-refractivity contribution in [2.45, 2.75) is 289 Å². The van der Waals surface area contributed by atoms with Crippen LogP contribution in [-0.2, 0) is 18.4 Å². The lowest BCUT2D eigenvalue weighted by Gasteiger charge is -2.29. The lowest BCUT2D eigenvalue weighted by molar-refractivity contribution is -0.870. The van der Waals surface area contributed by atoms with Gasteiger partial charge in [0, 0.05) is 6.42 Å². The van der Waals surface area contributed by atoms with Crippen molar-refractivity contribution < 1.29 is 32.9 Å². The van der Waals surface area contributed by atoms with E-state index in [2.05, 4.69) is 92.1 Å². The van der Waals surface area contributed by atoms with Gasteiger partial charge in [0.15, 0.2) is 0 Å². The number of nitrogens with one attached hydrogen (secondary N) is 1. The first-order valence-electron chi connectivity index (χ1n) is 31.4. The fourth-order valence-electron chi connectivity index (χ4n) is 8.96. The average molecular weight is 1070 g/mol. The highest BCUT2D eigenvalue weighted by Crippen LogP contribution is 2.38. The minimum atomic E-state index is -4.61. The van der Waals surface area contributed by atoms with E-state index in [1.165, 1.54) is 186 Å². The van der Waals surface area contributed by atoms with Gasteiger partial charge in [-0.2, -0.15) is 0 Å². The smallest absolute Gasteiger partial charge is 0.268 e. The molecule has 0 aromatic rings. The van der Waals surface area contributed by atoms with Crippen LogP contribution >= 0.6 is 7.82 Å². The van der Waals surface area contributed by atoms with Gasteiger partial charge in [0.05, 0.1) is 39.9 Å². The van der Waals surface area contributed by atoms with Crippen LogP contribution in [0.25, 0.3) is 0 Å². The summed E-state index contributed by atoms with van der Waals surface area (Å²) in [4.78, 5) is 25.6. The van der Waals surface area contributed by atoms with Crippen molar-refractivity contribution in [3.05, 3.63) is 85.1 Å². The van der Waals surface area contributed by atoms with Gasteiger partial charge in [0.1, 0.15) is 13.2 Å². The van der Waals surface area contributed by atoms with E-state index in [-0.39, 0.29) is 12.5 Å². The lowest BCUT2D eigenvalue weighted by Crippen LogP contribution is -2.45. The van der Waals surface area contributed by atoms with E-state index in [0.29, 0.717) is 17.4 Å². The molecule has 0 saturated heterocycles. The second-order valence-electron chi connectivity index (χ2n) is 22.4. The molecule has 0 spiro atoms. The number of hydrogen-bond acceptors (Lipinski definition) is 6. The van der Waals surface area contributed by atoms with Gasteiger partial charge in [-0.25, -0.2) is 0 Å². The molecule has 1 amide bonds. The summed E-state index contributed by atoms with van der Waals surface area (Å²) < 4.78 is 23.4. The maximum atomic E-state index is 13.0. The second-order valence-corrected chi connectivity index (χ2v) is 23.8. The van der Waals surface area contributed by atoms with E-state index >= 15 is 0 Å². The highest BCUT2D eigenvalue weighted by atomic mass is 31.2. The number of rotatable bonds is 57. The minimum Gasteiger partial charge on any atom is -0.756 e. The molecular formula is C66H121N2O6P. The molecule has 8 nitrogen and oxygen atoms in total. The largest absolute Gasteiger partial charge is 0.756 e. The summed E-state index contributed by atoms with van der Waals surface area (Å²) in [7, 11) is 1.24. The van der Waals surface area contributed by atoms with Crippen molar-refractivity contribution in [3.8, 4) is 0 Å². The normalized spacial score (nSPS) is 14.4. The Morgan fingerprint density at radius 2 is 0.827 bits per heavy atom. The van der Waals surface area contributed by atoms with Crippen LogP contribution in [0, 0.1) is 0 Å². The summed E-state index contributed by atoms with van der Waals surface area (Å²) in [5.74, 6) is -0.207. The molecule has 2 N–H and O–H groups in total. The molecule has 0 radical (unpaired) electrons. The fourth-order valence-corrected chi connectivity index (χ4v) is 9.69. The Kier molecular flexibility index (Phi) is 54.7. The van der Waals surface area contributed by atoms with Gasteiger partial charge in [-0.3, -0.25) is 9.36 Å². The van der Waals surface area contributed by atoms with Crippen LogP contribution in [0.2, 0.25) is 0 Å². The van der Waals surface area contributed by atoms with E-state index < -0.39 is 26.6 Å². The molecule has 0 saturated carbocycles. The number of amides is 1. The van der Waals surface area contributed by atoms with Crippen LogP contribution in [-0.4, -0.2) is 68.5 Å². The van der Waals surface area contributed by atoms with E-state index in [1.807, 2.05) is 27.2 Å². The van der Waals surface area contributed by atoms with Gasteiger partial charge in [0.25, 0.3) is 7.82 Å². The fraction of sp³-hybridized carbons (Fsp3) is 0.773. The summed E-state index contributed by atoms with van der Waals surface area (Å²) in [6.45, 7) is 4.54. The third kappa shape index (κ3) is 59.2. The van der Waals surface area contributed by atoms with Gasteiger partial charge in [-0.1, -0.05) is 279 Å². The zero-order valence-electron chi connectivity index (χ0n) is 49.7. The Morgan fingerprint density at radius 1 is 0.480 bits per heavy atom. The summed E-state index contributed by atoms with van der Waals surface area (Å²) in [6.07, 6.45) is 79.6. The molecule has 436 valence electrons. The third-order valence-electron chi connectivity index (χ3n) is 13.8. The van der Waals surface area contributed by atoms with Crippen LogP contribution in [0.3, 0.4) is 0 Å². The van der Waals surface area contributed by atoms with Crippen molar-refractivity contribution in [2.24, 2.45) is 0 Å². The quantitative estimate of drug-likeness (QED) is 0.0272. The molecule has 0 rings (SSSR count). The zero-order valence-corrected chi connectivity index (χ0v) is 50.6. The number of aliphatic hydroxyl groups is 1. The van der Waals surface area contributed by atoms with Crippen LogP contribution in [0.15, 0.2) is 85.1 Å². The van der Waals surface area contributed by atoms with Crippen molar-refractivity contribution in [1.29, 1.82) is 0 Å². The zero-order chi connectivity index (χ0) is 54.9. The molecule has 0 aliphatic heterocycles. The molecule has 0 aliphatic rings. The maximum absolute atomic E-state index is 13.0. The van der Waals surface area contributed by atoms with E-state index in [4.69, 9.17) is 9.05 Å². The standard InChI is InChI=1S/C66H121N2O6P/c1-6-8-10-12-14-16-18-20-22-24-26-28-30-31-32-33-34-35-36-37-38-40-42-44-46-48-50-52-54-56-58-60-66(70)67-64(63-74-75(71,72)73-62-61-68(3,4)5)65(69)59-57-55-53-51-49-47-45-43-41-39-29-27-25-23-21-19-17-15-13-11-9-7-2/h8,10,14,16,20,22,26,28,31-32,49,51,57,59,64-65,69H,6-7,9,11-13,15,17-19,21,23-25,27,29-30,33-48,50,52-56,58,60-63H2,1-5H3,(H-,67,70,71,72)/b10-8-,16-14-,22-20-,28-26-,32-31-,51-49+,59-57+. The molecule has 0 aromatic heterocycles. The Morgan fingerprint density at radius 3 is 1.24 bits per heavy atom. The molecule has 3 atom stereocenters. The van der Waals surface area contributed by atoms with Crippen LogP contribution in [0.4, 0.5) is 0 Å². The van der Waals surface area contributed by atoms with Gasteiger partial charge in [-0.15, -0.1) is 0 Å². The SMILES string of the molecule is CC/C=C\C/C=C\C/C=C\C/C=C\C/C=C\CCCCCCCCCCCCCCCCCC(=O)NC(COP(=O)([O-])OCC[N+](C)(C)C)C(O)/C=C/CC/C=C/CCCCCCCCCCCCCCCCCC. The predicted molar refractivity (Wildman–Crippen MR) is 325 cm³/mol. The molecule has 0 aromatic carbocycles. The molecule has 0 aliphatic carbocycles. The molecular weight excluding hydrogens is 948 g/mol. The summed E-state index contributed by atoms with van der Waals surface area (Å²) >= 11 is 0. The van der Waals surface area contributed by atoms with E-state index in [1.54, 1.807) is 6.08 Å². The second kappa shape index (κ2) is 56.4. The number of phosphoric acid groups is 1. The first kappa shape index (κ1) is 72.7. The average Bonchev–Trinajstić information content (AvgIpc) is 3.37. The van der Waals surface area contributed by atoms with Crippen molar-refractivity contribution in [2.75, 3.05) is 40.9 Å². The number of quaternary nitrogens is 1. The van der Waals surface area contributed by atoms with Gasteiger partial charge in [-0.05, 0) is 77.0 Å². The monoisotopic (exact) mass is 1070 g/mol. The number of carbonyl (C=O) groups excluding carboxylic acids is 1. The number of hydrogen-bond donors (Lipinski definition) is 2. The maximum Gasteiger partial charge on any atom is 0.268 e. The van der Waals surface area contributed by atoms with Crippen molar-refractivity contribution in [1.82, 2.24) is 5.32 Å². The Labute approximate surface area is 465 Å². The Balaban J connectivity index is 4.16. The number of carbonyl (C=O) groups is 1. The molecule has 0 bridgehead atoms. The van der Waals surface area contributed by atoms with Crippen molar-refractivity contribution in [3.63, 3.8) is 0 Å². The van der Waals surface area contributed by atoms with Gasteiger partial charge < -0.3 is 28.8 Å².